The van der Waals surface area contributed by atoms with Crippen LogP contribution in [0.5, 0.6) is 0 Å². The molecular weight excluding hydrogens is 308 g/mol. The molecule has 0 aliphatic rings. The summed E-state index contributed by atoms with van der Waals surface area (Å²) < 4.78 is 4.64. The predicted octanol–water partition coefficient (Wildman–Crippen LogP) is 2.39. The van der Waals surface area contributed by atoms with Crippen molar-refractivity contribution in [3.8, 4) is 0 Å². The van der Waals surface area contributed by atoms with Crippen LogP contribution < -0.4 is 10.6 Å². The largest absolute Gasteiger partial charge is 0.465 e. The molecule has 0 atom stereocenters. The van der Waals surface area contributed by atoms with Gasteiger partial charge in [0.1, 0.15) is 0 Å². The molecule has 2 aromatic rings. The van der Waals surface area contributed by atoms with Crippen molar-refractivity contribution in [3.05, 3.63) is 47.7 Å². The van der Waals surface area contributed by atoms with E-state index in [4.69, 9.17) is 0 Å². The highest BCUT2D eigenvalue weighted by Crippen LogP contribution is 2.15. The van der Waals surface area contributed by atoms with Gasteiger partial charge in [0.2, 0.25) is 0 Å². The number of methoxy groups -OCH3 is 1. The minimum Gasteiger partial charge on any atom is -0.465 e. The second-order valence-electron chi connectivity index (χ2n) is 5.60. The van der Waals surface area contributed by atoms with Crippen molar-refractivity contribution in [2.75, 3.05) is 19.0 Å². The predicted molar refractivity (Wildman–Crippen MR) is 90.3 cm³/mol. The zero-order valence-electron chi connectivity index (χ0n) is 13.9. The monoisotopic (exact) mass is 328 g/mol. The van der Waals surface area contributed by atoms with Crippen molar-refractivity contribution in [1.82, 2.24) is 15.5 Å². The number of nitrogens with one attached hydrogen (secondary N) is 2. The van der Waals surface area contributed by atoms with E-state index in [9.17, 15) is 9.59 Å². The Labute approximate surface area is 140 Å². The van der Waals surface area contributed by atoms with Crippen LogP contribution in [-0.2, 0) is 4.74 Å². The smallest absolute Gasteiger partial charge is 0.337 e. The van der Waals surface area contributed by atoms with Gasteiger partial charge in [0.25, 0.3) is 5.91 Å². The number of hydrogen-bond donors (Lipinski definition) is 2. The van der Waals surface area contributed by atoms with Crippen molar-refractivity contribution in [2.45, 2.75) is 13.8 Å². The standard InChI is InChI=1S/C17H20N4O3/c1-11(2)10-18-16(22)14-8-9-15(21-20-14)19-13-6-4-12(5-7-13)17(23)24-3/h4-9,11H,10H2,1-3H3,(H,18,22)(H,19,21). The molecule has 0 saturated heterocycles. The van der Waals surface area contributed by atoms with Crippen LogP contribution in [0.15, 0.2) is 36.4 Å². The first-order valence-electron chi connectivity index (χ1n) is 7.57. The van der Waals surface area contributed by atoms with Gasteiger partial charge in [-0.2, -0.15) is 0 Å². The molecule has 24 heavy (non-hydrogen) atoms. The maximum absolute atomic E-state index is 11.9. The molecule has 1 aromatic carbocycles. The maximum Gasteiger partial charge on any atom is 0.337 e. The molecule has 0 bridgehead atoms. The number of esters is 1. The van der Waals surface area contributed by atoms with Gasteiger partial charge in [-0.15, -0.1) is 10.2 Å². The van der Waals surface area contributed by atoms with Gasteiger partial charge in [-0.25, -0.2) is 4.79 Å². The molecule has 1 heterocycles. The van der Waals surface area contributed by atoms with Crippen molar-refractivity contribution < 1.29 is 14.3 Å². The summed E-state index contributed by atoms with van der Waals surface area (Å²) in [7, 11) is 1.34. The van der Waals surface area contributed by atoms with Crippen LogP contribution in [0.3, 0.4) is 0 Å². The number of aromatic nitrogens is 2. The molecule has 0 aliphatic carbocycles. The first-order chi connectivity index (χ1) is 11.5. The lowest BCUT2D eigenvalue weighted by atomic mass is 10.2. The Balaban J connectivity index is 1.98. The molecule has 1 amide bonds. The van der Waals surface area contributed by atoms with E-state index in [2.05, 4.69) is 25.6 Å². The van der Waals surface area contributed by atoms with Crippen LogP contribution in [-0.4, -0.2) is 35.7 Å². The molecule has 7 heteroatoms. The summed E-state index contributed by atoms with van der Waals surface area (Å²) in [4.78, 5) is 23.2. The third kappa shape index (κ3) is 4.77. The number of carbonyl (C=O) groups excluding carboxylic acids is 2. The Kier molecular flexibility index (Phi) is 5.83. The molecule has 0 aliphatic heterocycles. The zero-order valence-corrected chi connectivity index (χ0v) is 13.9. The van der Waals surface area contributed by atoms with E-state index >= 15 is 0 Å². The Morgan fingerprint density at radius 3 is 2.33 bits per heavy atom. The van der Waals surface area contributed by atoms with Crippen LogP contribution in [0.25, 0.3) is 0 Å². The van der Waals surface area contributed by atoms with E-state index in [1.807, 2.05) is 13.8 Å². The van der Waals surface area contributed by atoms with Gasteiger partial charge in [-0.1, -0.05) is 13.8 Å². The number of amides is 1. The van der Waals surface area contributed by atoms with Crippen LogP contribution >= 0.6 is 0 Å². The number of anilines is 2. The summed E-state index contributed by atoms with van der Waals surface area (Å²) in [5.41, 5.74) is 1.47. The Bertz CT molecular complexity index is 697. The van der Waals surface area contributed by atoms with Crippen LogP contribution in [0.4, 0.5) is 11.5 Å². The number of ether oxygens (including phenoxy) is 1. The van der Waals surface area contributed by atoms with E-state index in [1.165, 1.54) is 7.11 Å². The summed E-state index contributed by atoms with van der Waals surface area (Å²) in [6.07, 6.45) is 0. The first kappa shape index (κ1) is 17.4. The van der Waals surface area contributed by atoms with E-state index < -0.39 is 5.97 Å². The zero-order chi connectivity index (χ0) is 17.5. The van der Waals surface area contributed by atoms with E-state index in [1.54, 1.807) is 36.4 Å². The molecule has 7 nitrogen and oxygen atoms in total. The minimum atomic E-state index is -0.391. The SMILES string of the molecule is COC(=O)c1ccc(Nc2ccc(C(=O)NCC(C)C)nn2)cc1. The molecule has 2 rings (SSSR count). The third-order valence-corrected chi connectivity index (χ3v) is 3.15. The molecule has 0 unspecified atom stereocenters. The Morgan fingerprint density at radius 1 is 1.08 bits per heavy atom. The second-order valence-corrected chi connectivity index (χ2v) is 5.60. The number of nitrogens with zero attached hydrogens (tertiary/aromatic N) is 2. The van der Waals surface area contributed by atoms with Gasteiger partial charge in [0, 0.05) is 12.2 Å². The normalized spacial score (nSPS) is 10.3. The van der Waals surface area contributed by atoms with E-state index in [-0.39, 0.29) is 11.6 Å². The van der Waals surface area contributed by atoms with Gasteiger partial charge in [-0.05, 0) is 42.3 Å². The van der Waals surface area contributed by atoms with Crippen LogP contribution in [0.2, 0.25) is 0 Å². The second kappa shape index (κ2) is 8.05. The quantitative estimate of drug-likeness (QED) is 0.791. The fourth-order valence-electron chi connectivity index (χ4n) is 1.86. The van der Waals surface area contributed by atoms with Crippen molar-refractivity contribution in [3.63, 3.8) is 0 Å². The summed E-state index contributed by atoms with van der Waals surface area (Å²) in [6, 6.07) is 10.0. The molecule has 0 spiro atoms. The molecule has 0 radical (unpaired) electrons. The van der Waals surface area contributed by atoms with Crippen LogP contribution in [0.1, 0.15) is 34.7 Å². The van der Waals surface area contributed by atoms with Gasteiger partial charge in [-0.3, -0.25) is 4.79 Å². The fraction of sp³-hybridized carbons (Fsp3) is 0.294. The third-order valence-electron chi connectivity index (χ3n) is 3.15. The fourth-order valence-corrected chi connectivity index (χ4v) is 1.86. The van der Waals surface area contributed by atoms with Gasteiger partial charge in [0.15, 0.2) is 11.5 Å². The van der Waals surface area contributed by atoms with Gasteiger partial charge >= 0.3 is 5.97 Å². The van der Waals surface area contributed by atoms with E-state index in [0.717, 1.165) is 5.69 Å². The average molecular weight is 328 g/mol. The number of hydrogen-bond acceptors (Lipinski definition) is 6. The molecule has 1 aromatic heterocycles. The Hall–Kier alpha value is -2.96. The topological polar surface area (TPSA) is 93.2 Å². The summed E-state index contributed by atoms with van der Waals surface area (Å²) in [5, 5.41) is 13.7. The number of rotatable bonds is 6. The average Bonchev–Trinajstić information content (AvgIpc) is 2.60. The maximum atomic E-state index is 11.9. The molecule has 0 saturated carbocycles. The lowest BCUT2D eigenvalue weighted by Gasteiger charge is -2.08. The Morgan fingerprint density at radius 2 is 1.79 bits per heavy atom. The van der Waals surface area contributed by atoms with Gasteiger partial charge in [0.05, 0.1) is 12.7 Å². The lowest BCUT2D eigenvalue weighted by molar-refractivity contribution is 0.0600. The highest BCUT2D eigenvalue weighted by atomic mass is 16.5. The van der Waals surface area contributed by atoms with Crippen LogP contribution in [0, 0.1) is 5.92 Å². The molecule has 0 fully saturated rings. The summed E-state index contributed by atoms with van der Waals surface area (Å²) >= 11 is 0. The van der Waals surface area contributed by atoms with Crippen molar-refractivity contribution >= 4 is 23.4 Å². The lowest BCUT2D eigenvalue weighted by Crippen LogP contribution is -2.28. The summed E-state index contributed by atoms with van der Waals surface area (Å²) in [5.74, 6) is 0.236. The minimum absolute atomic E-state index is 0.245. The molecular formula is C17H20N4O3. The van der Waals surface area contributed by atoms with E-state index in [0.29, 0.717) is 23.8 Å². The molecule has 126 valence electrons. The summed E-state index contributed by atoms with van der Waals surface area (Å²) in [6.45, 7) is 4.63. The first-order valence-corrected chi connectivity index (χ1v) is 7.57. The van der Waals surface area contributed by atoms with Crippen molar-refractivity contribution in [2.24, 2.45) is 5.92 Å². The molecule has 2 N–H and O–H groups in total. The highest BCUT2D eigenvalue weighted by Gasteiger charge is 2.09. The number of carbonyl (C=O) groups is 2. The van der Waals surface area contributed by atoms with Crippen molar-refractivity contribution in [1.29, 1.82) is 0 Å². The van der Waals surface area contributed by atoms with Gasteiger partial charge < -0.3 is 15.4 Å². The highest BCUT2D eigenvalue weighted by molar-refractivity contribution is 5.92. The number of benzene rings is 1.